The first-order valence-corrected chi connectivity index (χ1v) is 3.54. The zero-order valence-electron chi connectivity index (χ0n) is 6.36. The fourth-order valence-electron chi connectivity index (χ4n) is 1.03. The number of pyridine rings is 2. The third-order valence-corrected chi connectivity index (χ3v) is 1.60. The first-order chi connectivity index (χ1) is 5.75. The van der Waals surface area contributed by atoms with E-state index < -0.39 is 0 Å². The Balaban J connectivity index is 2.80. The van der Waals surface area contributed by atoms with Crippen LogP contribution in [0.5, 0.6) is 0 Å². The molecule has 0 radical (unpaired) electrons. The molecule has 0 aliphatic carbocycles. The molecule has 60 valence electrons. The molecule has 0 aliphatic heterocycles. The van der Waals surface area contributed by atoms with Gasteiger partial charge in [-0.3, -0.25) is 0 Å². The number of nitrogen functional groups attached to an aromatic ring is 2. The van der Waals surface area contributed by atoms with Crippen LogP contribution in [0.2, 0.25) is 0 Å². The van der Waals surface area contributed by atoms with Crippen molar-refractivity contribution in [3.8, 4) is 0 Å². The van der Waals surface area contributed by atoms with Crippen molar-refractivity contribution in [2.24, 2.45) is 0 Å². The Hall–Kier alpha value is -1.84. The van der Waals surface area contributed by atoms with Crippen molar-refractivity contribution in [1.82, 2.24) is 9.97 Å². The predicted molar refractivity (Wildman–Crippen MR) is 48.4 cm³/mol. The van der Waals surface area contributed by atoms with Gasteiger partial charge in [0.25, 0.3) is 0 Å². The second-order valence-corrected chi connectivity index (χ2v) is 2.52. The highest BCUT2D eigenvalue weighted by molar-refractivity contribution is 5.77. The van der Waals surface area contributed by atoms with E-state index in [-0.39, 0.29) is 0 Å². The summed E-state index contributed by atoms with van der Waals surface area (Å²) >= 11 is 0. The van der Waals surface area contributed by atoms with Gasteiger partial charge in [-0.2, -0.15) is 0 Å². The largest absolute Gasteiger partial charge is 0.384 e. The van der Waals surface area contributed by atoms with E-state index in [4.69, 9.17) is 11.5 Å². The van der Waals surface area contributed by atoms with Gasteiger partial charge in [-0.05, 0) is 24.3 Å². The number of rotatable bonds is 0. The molecule has 0 amide bonds. The molecule has 0 aromatic carbocycles. The summed E-state index contributed by atoms with van der Waals surface area (Å²) < 4.78 is 0. The van der Waals surface area contributed by atoms with Gasteiger partial charge < -0.3 is 11.5 Å². The van der Waals surface area contributed by atoms with E-state index in [1.807, 2.05) is 12.1 Å². The first-order valence-electron chi connectivity index (χ1n) is 3.54. The number of fused-ring (bicyclic) bond motifs is 1. The van der Waals surface area contributed by atoms with Crippen molar-refractivity contribution >= 4 is 22.7 Å². The summed E-state index contributed by atoms with van der Waals surface area (Å²) in [6.07, 6.45) is 0. The normalized spacial score (nSPS) is 10.3. The van der Waals surface area contributed by atoms with Crippen LogP contribution in [0.4, 0.5) is 11.6 Å². The monoisotopic (exact) mass is 160 g/mol. The summed E-state index contributed by atoms with van der Waals surface area (Å²) in [5.41, 5.74) is 11.6. The SMILES string of the molecule is Nc1ccc2ccc(N)nc2n1. The summed E-state index contributed by atoms with van der Waals surface area (Å²) in [5.74, 6) is 0.918. The molecule has 4 nitrogen and oxygen atoms in total. The number of hydrogen-bond acceptors (Lipinski definition) is 4. The van der Waals surface area contributed by atoms with Crippen LogP contribution in [0.25, 0.3) is 11.0 Å². The maximum atomic E-state index is 5.48. The van der Waals surface area contributed by atoms with E-state index >= 15 is 0 Å². The van der Waals surface area contributed by atoms with Crippen molar-refractivity contribution < 1.29 is 0 Å². The fourth-order valence-corrected chi connectivity index (χ4v) is 1.03. The quantitative estimate of drug-likeness (QED) is 0.597. The number of anilines is 2. The lowest BCUT2D eigenvalue weighted by atomic mass is 10.3. The second-order valence-electron chi connectivity index (χ2n) is 2.52. The van der Waals surface area contributed by atoms with Gasteiger partial charge in [0.2, 0.25) is 0 Å². The van der Waals surface area contributed by atoms with E-state index in [2.05, 4.69) is 9.97 Å². The standard InChI is InChI=1S/C8H8N4/c9-6-3-1-5-2-4-7(10)12-8(5)11-6/h1-4H,(H4,9,10,11,12). The van der Waals surface area contributed by atoms with Crippen LogP contribution in [-0.2, 0) is 0 Å². The minimum atomic E-state index is 0.459. The van der Waals surface area contributed by atoms with Crippen molar-refractivity contribution in [3.63, 3.8) is 0 Å². The number of nitrogens with two attached hydrogens (primary N) is 2. The summed E-state index contributed by atoms with van der Waals surface area (Å²) in [5, 5.41) is 0.943. The molecule has 2 aromatic heterocycles. The van der Waals surface area contributed by atoms with Crippen LogP contribution in [0.15, 0.2) is 24.3 Å². The van der Waals surface area contributed by atoms with E-state index in [0.29, 0.717) is 17.3 Å². The number of aromatic nitrogens is 2. The van der Waals surface area contributed by atoms with Crippen molar-refractivity contribution in [2.45, 2.75) is 0 Å². The highest BCUT2D eigenvalue weighted by atomic mass is 14.9. The molecular weight excluding hydrogens is 152 g/mol. The zero-order valence-corrected chi connectivity index (χ0v) is 6.36. The van der Waals surface area contributed by atoms with Crippen molar-refractivity contribution in [3.05, 3.63) is 24.3 Å². The minimum Gasteiger partial charge on any atom is -0.384 e. The first kappa shape index (κ1) is 6.84. The maximum Gasteiger partial charge on any atom is 0.163 e. The van der Waals surface area contributed by atoms with Gasteiger partial charge in [0.15, 0.2) is 5.65 Å². The molecule has 4 heteroatoms. The Labute approximate surface area is 69.2 Å². The Bertz CT molecular complexity index is 388. The van der Waals surface area contributed by atoms with Crippen LogP contribution in [0, 0.1) is 0 Å². The molecular formula is C8H8N4. The Morgan fingerprint density at radius 1 is 0.833 bits per heavy atom. The summed E-state index contributed by atoms with van der Waals surface area (Å²) in [4.78, 5) is 8.05. The van der Waals surface area contributed by atoms with Crippen molar-refractivity contribution in [1.29, 1.82) is 0 Å². The predicted octanol–water partition coefficient (Wildman–Crippen LogP) is 0.794. The Morgan fingerprint density at radius 3 is 1.83 bits per heavy atom. The van der Waals surface area contributed by atoms with Gasteiger partial charge in [-0.15, -0.1) is 0 Å². The molecule has 0 fully saturated rings. The molecule has 4 N–H and O–H groups in total. The molecule has 0 aliphatic rings. The molecule has 0 atom stereocenters. The van der Waals surface area contributed by atoms with E-state index in [1.54, 1.807) is 12.1 Å². The highest BCUT2D eigenvalue weighted by Gasteiger charge is 1.96. The Kier molecular flexibility index (Phi) is 1.33. The van der Waals surface area contributed by atoms with Gasteiger partial charge in [0.05, 0.1) is 0 Å². The molecule has 0 unspecified atom stereocenters. The summed E-state index contributed by atoms with van der Waals surface area (Å²) in [6.45, 7) is 0. The number of nitrogens with zero attached hydrogens (tertiary/aromatic N) is 2. The van der Waals surface area contributed by atoms with Crippen LogP contribution in [0.3, 0.4) is 0 Å². The second kappa shape index (κ2) is 2.34. The van der Waals surface area contributed by atoms with Gasteiger partial charge >= 0.3 is 0 Å². The average molecular weight is 160 g/mol. The van der Waals surface area contributed by atoms with Crippen LogP contribution in [-0.4, -0.2) is 9.97 Å². The molecule has 2 aromatic rings. The maximum absolute atomic E-state index is 5.48. The minimum absolute atomic E-state index is 0.459. The molecule has 2 rings (SSSR count). The molecule has 0 saturated heterocycles. The highest BCUT2D eigenvalue weighted by Crippen LogP contribution is 2.12. The fraction of sp³-hybridized carbons (Fsp3) is 0. The van der Waals surface area contributed by atoms with Gasteiger partial charge in [-0.25, -0.2) is 9.97 Å². The van der Waals surface area contributed by atoms with Crippen LogP contribution < -0.4 is 11.5 Å². The lowest BCUT2D eigenvalue weighted by molar-refractivity contribution is 1.30. The van der Waals surface area contributed by atoms with E-state index in [0.717, 1.165) is 5.39 Å². The molecule has 2 heterocycles. The lowest BCUT2D eigenvalue weighted by Gasteiger charge is -1.97. The molecule has 0 saturated carbocycles. The Morgan fingerprint density at radius 2 is 1.33 bits per heavy atom. The van der Waals surface area contributed by atoms with E-state index in [1.165, 1.54) is 0 Å². The third kappa shape index (κ3) is 1.03. The molecule has 0 bridgehead atoms. The topological polar surface area (TPSA) is 77.8 Å². The van der Waals surface area contributed by atoms with Gasteiger partial charge in [-0.1, -0.05) is 0 Å². The molecule has 0 spiro atoms. The van der Waals surface area contributed by atoms with E-state index in [9.17, 15) is 0 Å². The van der Waals surface area contributed by atoms with Gasteiger partial charge in [0, 0.05) is 5.39 Å². The molecule has 12 heavy (non-hydrogen) atoms. The van der Waals surface area contributed by atoms with Crippen LogP contribution >= 0.6 is 0 Å². The third-order valence-electron chi connectivity index (χ3n) is 1.60. The summed E-state index contributed by atoms with van der Waals surface area (Å²) in [7, 11) is 0. The van der Waals surface area contributed by atoms with Gasteiger partial charge in [0.1, 0.15) is 11.6 Å². The lowest BCUT2D eigenvalue weighted by Crippen LogP contribution is -1.94. The van der Waals surface area contributed by atoms with Crippen molar-refractivity contribution in [2.75, 3.05) is 11.5 Å². The zero-order chi connectivity index (χ0) is 8.55. The summed E-state index contributed by atoms with van der Waals surface area (Å²) in [6, 6.07) is 7.20. The average Bonchev–Trinajstić information content (AvgIpc) is 2.03. The van der Waals surface area contributed by atoms with Crippen LogP contribution in [0.1, 0.15) is 0 Å². The number of hydrogen-bond donors (Lipinski definition) is 2. The smallest absolute Gasteiger partial charge is 0.163 e.